The Hall–Kier alpha value is -0.610. The summed E-state index contributed by atoms with van der Waals surface area (Å²) in [7, 11) is 0. The molecule has 100 valence electrons. The summed E-state index contributed by atoms with van der Waals surface area (Å²) in [5.41, 5.74) is 10.9. The van der Waals surface area contributed by atoms with Gasteiger partial charge < -0.3 is 11.5 Å². The zero-order chi connectivity index (χ0) is 13.2. The van der Waals surface area contributed by atoms with Crippen LogP contribution in [0, 0.1) is 11.8 Å². The smallest absolute Gasteiger partial charge is 0.239 e. The molecule has 0 aromatic rings. The summed E-state index contributed by atoms with van der Waals surface area (Å²) < 4.78 is 0. The maximum atomic E-state index is 11.6. The Bertz CT molecular complexity index is 274. The number of amides is 1. The van der Waals surface area contributed by atoms with Crippen LogP contribution in [0.15, 0.2) is 0 Å². The van der Waals surface area contributed by atoms with E-state index in [2.05, 4.69) is 32.6 Å². The number of rotatable bonds is 7. The van der Waals surface area contributed by atoms with Gasteiger partial charge in [0.1, 0.15) is 5.54 Å². The van der Waals surface area contributed by atoms with Crippen LogP contribution in [0.3, 0.4) is 0 Å². The Morgan fingerprint density at radius 3 is 2.18 bits per heavy atom. The van der Waals surface area contributed by atoms with Gasteiger partial charge in [0.05, 0.1) is 0 Å². The van der Waals surface area contributed by atoms with Gasteiger partial charge in [0.2, 0.25) is 5.91 Å². The van der Waals surface area contributed by atoms with Crippen LogP contribution in [0.4, 0.5) is 0 Å². The van der Waals surface area contributed by atoms with Crippen LogP contribution in [0.25, 0.3) is 0 Å². The van der Waals surface area contributed by atoms with Gasteiger partial charge in [0, 0.05) is 19.1 Å². The van der Waals surface area contributed by atoms with Crippen molar-refractivity contribution in [3.05, 3.63) is 0 Å². The third-order valence-electron chi connectivity index (χ3n) is 3.56. The van der Waals surface area contributed by atoms with Crippen molar-refractivity contribution < 1.29 is 4.79 Å². The summed E-state index contributed by atoms with van der Waals surface area (Å²) >= 11 is 0. The molecule has 1 fully saturated rings. The van der Waals surface area contributed by atoms with Gasteiger partial charge in [-0.05, 0) is 38.5 Å². The molecule has 0 heterocycles. The van der Waals surface area contributed by atoms with Crippen molar-refractivity contribution >= 4 is 5.91 Å². The zero-order valence-electron chi connectivity index (χ0n) is 11.6. The Kier molecular flexibility index (Phi) is 4.55. The van der Waals surface area contributed by atoms with E-state index in [1.165, 1.54) is 0 Å². The van der Waals surface area contributed by atoms with Crippen molar-refractivity contribution in [2.75, 3.05) is 13.1 Å². The van der Waals surface area contributed by atoms with Gasteiger partial charge in [-0.3, -0.25) is 9.69 Å². The first-order valence-electron chi connectivity index (χ1n) is 6.60. The first-order valence-corrected chi connectivity index (χ1v) is 6.60. The van der Waals surface area contributed by atoms with E-state index in [0.29, 0.717) is 18.5 Å². The molecular weight excluding hydrogens is 214 g/mol. The highest BCUT2D eigenvalue weighted by atomic mass is 16.1. The normalized spacial score (nSPS) is 20.0. The Balaban J connectivity index is 2.72. The molecule has 0 aromatic heterocycles. The summed E-state index contributed by atoms with van der Waals surface area (Å²) in [6.07, 6.45) is 2.07. The Morgan fingerprint density at radius 2 is 1.88 bits per heavy atom. The van der Waals surface area contributed by atoms with Gasteiger partial charge in [-0.25, -0.2) is 0 Å². The highest BCUT2D eigenvalue weighted by Crippen LogP contribution is 2.38. The molecule has 1 atom stereocenters. The second kappa shape index (κ2) is 5.36. The number of nitrogens with zero attached hydrogens (tertiary/aromatic N) is 1. The molecular formula is C13H27N3O. The quantitative estimate of drug-likeness (QED) is 0.697. The lowest BCUT2D eigenvalue weighted by molar-refractivity contribution is -0.125. The molecule has 1 aliphatic carbocycles. The van der Waals surface area contributed by atoms with E-state index in [-0.39, 0.29) is 11.8 Å². The molecule has 1 unspecified atom stereocenters. The Labute approximate surface area is 105 Å². The third kappa shape index (κ3) is 3.68. The van der Waals surface area contributed by atoms with E-state index in [1.807, 2.05) is 0 Å². The van der Waals surface area contributed by atoms with Crippen LogP contribution in [0.2, 0.25) is 0 Å². The van der Waals surface area contributed by atoms with Crippen LogP contribution in [0.1, 0.15) is 40.5 Å². The first-order chi connectivity index (χ1) is 7.77. The molecule has 4 nitrogen and oxygen atoms in total. The second-order valence-corrected chi connectivity index (χ2v) is 6.10. The molecule has 0 aromatic carbocycles. The molecule has 0 spiro atoms. The molecule has 17 heavy (non-hydrogen) atoms. The van der Waals surface area contributed by atoms with Crippen molar-refractivity contribution in [1.82, 2.24) is 4.90 Å². The Morgan fingerprint density at radius 1 is 1.35 bits per heavy atom. The van der Waals surface area contributed by atoms with Crippen LogP contribution < -0.4 is 11.5 Å². The summed E-state index contributed by atoms with van der Waals surface area (Å²) in [5.74, 6) is 0.497. The van der Waals surface area contributed by atoms with Crippen molar-refractivity contribution in [3.63, 3.8) is 0 Å². The van der Waals surface area contributed by atoms with E-state index in [9.17, 15) is 4.79 Å². The minimum Gasteiger partial charge on any atom is -0.368 e. The van der Waals surface area contributed by atoms with Crippen molar-refractivity contribution in [2.45, 2.75) is 52.1 Å². The van der Waals surface area contributed by atoms with Gasteiger partial charge in [-0.15, -0.1) is 0 Å². The maximum absolute atomic E-state index is 11.6. The second-order valence-electron chi connectivity index (χ2n) is 6.10. The number of hydrogen-bond donors (Lipinski definition) is 2. The lowest BCUT2D eigenvalue weighted by Gasteiger charge is -2.36. The number of primary amides is 1. The van der Waals surface area contributed by atoms with E-state index in [4.69, 9.17) is 11.5 Å². The molecule has 1 saturated carbocycles. The predicted molar refractivity (Wildman–Crippen MR) is 70.4 cm³/mol. The van der Waals surface area contributed by atoms with Crippen LogP contribution in [-0.2, 0) is 4.79 Å². The number of carbonyl (C=O) groups excluding carboxylic acids is 1. The molecule has 0 radical (unpaired) electrons. The van der Waals surface area contributed by atoms with Gasteiger partial charge in [-0.1, -0.05) is 13.8 Å². The number of carbonyl (C=O) groups is 1. The van der Waals surface area contributed by atoms with E-state index in [1.54, 1.807) is 0 Å². The van der Waals surface area contributed by atoms with E-state index < -0.39 is 5.54 Å². The fourth-order valence-electron chi connectivity index (χ4n) is 2.27. The number of hydrogen-bond acceptors (Lipinski definition) is 3. The summed E-state index contributed by atoms with van der Waals surface area (Å²) in [4.78, 5) is 13.9. The van der Waals surface area contributed by atoms with Crippen molar-refractivity contribution in [1.29, 1.82) is 0 Å². The van der Waals surface area contributed by atoms with Crippen LogP contribution in [-0.4, -0.2) is 35.5 Å². The van der Waals surface area contributed by atoms with Crippen molar-refractivity contribution in [3.8, 4) is 0 Å². The largest absolute Gasteiger partial charge is 0.368 e. The minimum absolute atomic E-state index is 0.286. The lowest BCUT2D eigenvalue weighted by atomic mass is 9.92. The van der Waals surface area contributed by atoms with Gasteiger partial charge in [0.25, 0.3) is 0 Å². The SMILES string of the molecule is CC(C)CN(CC(N)(C(N)=O)C1CC1)C(C)C. The van der Waals surface area contributed by atoms with E-state index >= 15 is 0 Å². The standard InChI is InChI=1S/C13H27N3O/c1-9(2)7-16(10(3)4)8-13(15,12(14)17)11-5-6-11/h9-11H,5-8,15H2,1-4H3,(H2,14,17). The summed E-state index contributed by atoms with van der Waals surface area (Å²) in [5, 5.41) is 0. The molecule has 0 saturated heterocycles. The van der Waals surface area contributed by atoms with Gasteiger partial charge in [-0.2, -0.15) is 0 Å². The average molecular weight is 241 g/mol. The fourth-order valence-corrected chi connectivity index (χ4v) is 2.27. The van der Waals surface area contributed by atoms with E-state index in [0.717, 1.165) is 19.4 Å². The van der Waals surface area contributed by atoms with Gasteiger partial charge >= 0.3 is 0 Å². The molecule has 0 aliphatic heterocycles. The molecule has 4 heteroatoms. The molecule has 0 bridgehead atoms. The van der Waals surface area contributed by atoms with Crippen LogP contribution >= 0.6 is 0 Å². The minimum atomic E-state index is -0.834. The summed E-state index contributed by atoms with van der Waals surface area (Å²) in [6, 6.07) is 0.387. The fraction of sp³-hybridized carbons (Fsp3) is 0.923. The number of nitrogens with two attached hydrogens (primary N) is 2. The monoisotopic (exact) mass is 241 g/mol. The van der Waals surface area contributed by atoms with Crippen LogP contribution in [0.5, 0.6) is 0 Å². The molecule has 1 amide bonds. The van der Waals surface area contributed by atoms with Gasteiger partial charge in [0.15, 0.2) is 0 Å². The molecule has 4 N–H and O–H groups in total. The third-order valence-corrected chi connectivity index (χ3v) is 3.56. The first kappa shape index (κ1) is 14.5. The topological polar surface area (TPSA) is 72.3 Å². The maximum Gasteiger partial charge on any atom is 0.239 e. The summed E-state index contributed by atoms with van der Waals surface area (Å²) in [6.45, 7) is 10.2. The highest BCUT2D eigenvalue weighted by molar-refractivity contribution is 5.85. The highest BCUT2D eigenvalue weighted by Gasteiger charge is 2.47. The lowest BCUT2D eigenvalue weighted by Crippen LogP contribution is -2.61. The zero-order valence-corrected chi connectivity index (χ0v) is 11.6. The molecule has 1 aliphatic rings. The average Bonchev–Trinajstić information content (AvgIpc) is 2.98. The van der Waals surface area contributed by atoms with Crippen molar-refractivity contribution in [2.24, 2.45) is 23.3 Å². The predicted octanol–water partition coefficient (Wildman–Crippen LogP) is 0.946. The molecule has 1 rings (SSSR count).